The fourth-order valence-electron chi connectivity index (χ4n) is 0.619. The normalized spacial score (nSPS) is 8.58. The van der Waals surface area contributed by atoms with E-state index in [4.69, 9.17) is 5.73 Å². The van der Waals surface area contributed by atoms with Crippen LogP contribution in [0.5, 0.6) is 0 Å². The Hall–Kier alpha value is -0.890. The molecule has 0 radical (unpaired) electrons. The van der Waals surface area contributed by atoms with Crippen LogP contribution in [0.3, 0.4) is 0 Å². The maximum Gasteiger partial charge on any atom is 0.123 e. The van der Waals surface area contributed by atoms with Gasteiger partial charge in [0.15, 0.2) is 0 Å². The number of nitrogens with two attached hydrogens (primary N) is 1. The number of benzene rings is 1. The fourth-order valence-corrected chi connectivity index (χ4v) is 0.619. The molecule has 0 unspecified atom stereocenters. The Labute approximate surface area is 73.4 Å². The molecule has 1 rings (SSSR count). The molecule has 0 bridgehead atoms. The van der Waals surface area contributed by atoms with Crippen molar-refractivity contribution in [2.75, 3.05) is 6.54 Å². The summed E-state index contributed by atoms with van der Waals surface area (Å²) in [6, 6.07) is 7.94. The van der Waals surface area contributed by atoms with Gasteiger partial charge in [0.25, 0.3) is 0 Å². The first-order chi connectivity index (χ1) is 5.81. The van der Waals surface area contributed by atoms with Crippen LogP contribution in [0.4, 0.5) is 4.39 Å². The highest BCUT2D eigenvalue weighted by Gasteiger charge is 1.77. The van der Waals surface area contributed by atoms with Gasteiger partial charge in [-0.15, -0.1) is 0 Å². The largest absolute Gasteiger partial charge is 0.330 e. The predicted octanol–water partition coefficient (Wildman–Crippen LogP) is 2.57. The molecule has 1 aromatic rings. The quantitative estimate of drug-likeness (QED) is 0.723. The maximum atomic E-state index is 11.9. The van der Waals surface area contributed by atoms with Gasteiger partial charge >= 0.3 is 0 Å². The zero-order valence-electron chi connectivity index (χ0n) is 7.46. The van der Waals surface area contributed by atoms with Crippen molar-refractivity contribution in [1.82, 2.24) is 0 Å². The van der Waals surface area contributed by atoms with Crippen molar-refractivity contribution >= 4 is 0 Å². The molecule has 0 amide bonds. The van der Waals surface area contributed by atoms with Gasteiger partial charge in [0.2, 0.25) is 0 Å². The number of halogens is 1. The molecular weight excluding hydrogens is 153 g/mol. The van der Waals surface area contributed by atoms with Crippen LogP contribution in [0, 0.1) is 5.82 Å². The molecular formula is C10H16FN. The first-order valence-electron chi connectivity index (χ1n) is 4.22. The number of hydrogen-bond acceptors (Lipinski definition) is 1. The minimum atomic E-state index is -0.178. The zero-order chi connectivity index (χ0) is 9.23. The van der Waals surface area contributed by atoms with Gasteiger partial charge in [-0.25, -0.2) is 4.39 Å². The highest BCUT2D eigenvalue weighted by atomic mass is 19.1. The van der Waals surface area contributed by atoms with E-state index in [9.17, 15) is 4.39 Å². The lowest BCUT2D eigenvalue weighted by atomic mass is 10.3. The van der Waals surface area contributed by atoms with E-state index in [0.717, 1.165) is 6.54 Å². The molecule has 12 heavy (non-hydrogen) atoms. The zero-order valence-corrected chi connectivity index (χ0v) is 7.46. The van der Waals surface area contributed by atoms with Gasteiger partial charge in [-0.1, -0.05) is 31.5 Å². The van der Waals surface area contributed by atoms with E-state index in [0.29, 0.717) is 0 Å². The molecule has 0 aliphatic heterocycles. The third-order valence-electron chi connectivity index (χ3n) is 1.29. The van der Waals surface area contributed by atoms with Crippen LogP contribution >= 0.6 is 0 Å². The van der Waals surface area contributed by atoms with E-state index in [1.165, 1.54) is 25.0 Å². The molecule has 1 aromatic carbocycles. The Morgan fingerprint density at radius 3 is 2.00 bits per heavy atom. The molecule has 0 atom stereocenters. The molecule has 0 saturated carbocycles. The van der Waals surface area contributed by atoms with Crippen LogP contribution < -0.4 is 5.73 Å². The number of rotatable bonds is 2. The summed E-state index contributed by atoms with van der Waals surface area (Å²) in [6.07, 6.45) is 2.39. The molecule has 0 aromatic heterocycles. The second kappa shape index (κ2) is 8.21. The van der Waals surface area contributed by atoms with Crippen molar-refractivity contribution in [2.45, 2.75) is 19.8 Å². The minimum absolute atomic E-state index is 0.178. The number of unbranched alkanes of at least 4 members (excludes halogenated alkanes) is 1. The third-order valence-corrected chi connectivity index (χ3v) is 1.29. The summed E-state index contributed by atoms with van der Waals surface area (Å²) in [7, 11) is 0. The van der Waals surface area contributed by atoms with Crippen LogP contribution in [0.1, 0.15) is 19.8 Å². The van der Waals surface area contributed by atoms with Crippen molar-refractivity contribution in [3.63, 3.8) is 0 Å². The Kier molecular flexibility index (Phi) is 7.60. The monoisotopic (exact) mass is 169 g/mol. The Balaban J connectivity index is 0.000000217. The van der Waals surface area contributed by atoms with Gasteiger partial charge < -0.3 is 5.73 Å². The minimum Gasteiger partial charge on any atom is -0.330 e. The van der Waals surface area contributed by atoms with Gasteiger partial charge in [-0.05, 0) is 25.1 Å². The van der Waals surface area contributed by atoms with Gasteiger partial charge in [0.05, 0.1) is 0 Å². The molecule has 0 spiro atoms. The van der Waals surface area contributed by atoms with Crippen LogP contribution in [0.15, 0.2) is 30.3 Å². The van der Waals surface area contributed by atoms with Crippen molar-refractivity contribution in [3.8, 4) is 0 Å². The maximum absolute atomic E-state index is 11.9. The van der Waals surface area contributed by atoms with E-state index in [2.05, 4.69) is 6.92 Å². The van der Waals surface area contributed by atoms with Crippen molar-refractivity contribution in [2.24, 2.45) is 5.73 Å². The van der Waals surface area contributed by atoms with E-state index in [1.54, 1.807) is 18.2 Å². The van der Waals surface area contributed by atoms with E-state index < -0.39 is 0 Å². The Morgan fingerprint density at radius 2 is 1.83 bits per heavy atom. The van der Waals surface area contributed by atoms with E-state index in [1.807, 2.05) is 0 Å². The van der Waals surface area contributed by atoms with Crippen LogP contribution in [-0.2, 0) is 0 Å². The summed E-state index contributed by atoms with van der Waals surface area (Å²) in [5, 5.41) is 0. The van der Waals surface area contributed by atoms with Crippen molar-refractivity contribution < 1.29 is 4.39 Å². The SMILES string of the molecule is CCCCN.Fc1ccccc1. The lowest BCUT2D eigenvalue weighted by Gasteiger charge is -1.80. The van der Waals surface area contributed by atoms with E-state index >= 15 is 0 Å². The summed E-state index contributed by atoms with van der Waals surface area (Å²) in [5.41, 5.74) is 5.14. The fraction of sp³-hybridized carbons (Fsp3) is 0.400. The highest BCUT2D eigenvalue weighted by Crippen LogP contribution is 1.91. The Morgan fingerprint density at radius 1 is 1.25 bits per heavy atom. The molecule has 68 valence electrons. The van der Waals surface area contributed by atoms with E-state index in [-0.39, 0.29) is 5.82 Å². The Bertz CT molecular complexity index is 172. The van der Waals surface area contributed by atoms with Crippen LogP contribution in [0.2, 0.25) is 0 Å². The lowest BCUT2D eigenvalue weighted by molar-refractivity contribution is 0.628. The number of hydrogen-bond donors (Lipinski definition) is 1. The molecule has 2 heteroatoms. The highest BCUT2D eigenvalue weighted by molar-refractivity contribution is 5.02. The van der Waals surface area contributed by atoms with Crippen molar-refractivity contribution in [3.05, 3.63) is 36.1 Å². The average molecular weight is 169 g/mol. The van der Waals surface area contributed by atoms with Crippen molar-refractivity contribution in [1.29, 1.82) is 0 Å². The standard InChI is InChI=1S/C6H5F.C4H11N/c7-6-4-2-1-3-5-6;1-2-3-4-5/h1-5H;2-5H2,1H3. The summed E-state index contributed by atoms with van der Waals surface area (Å²) in [5.74, 6) is -0.178. The first-order valence-corrected chi connectivity index (χ1v) is 4.22. The lowest BCUT2D eigenvalue weighted by Crippen LogP contribution is -1.95. The summed E-state index contributed by atoms with van der Waals surface area (Å²) >= 11 is 0. The summed E-state index contributed by atoms with van der Waals surface area (Å²) in [4.78, 5) is 0. The molecule has 0 aliphatic rings. The predicted molar refractivity (Wildman–Crippen MR) is 50.4 cm³/mol. The van der Waals surface area contributed by atoms with Crippen LogP contribution in [0.25, 0.3) is 0 Å². The van der Waals surface area contributed by atoms with Gasteiger partial charge in [0, 0.05) is 0 Å². The van der Waals surface area contributed by atoms with Gasteiger partial charge in [-0.2, -0.15) is 0 Å². The summed E-state index contributed by atoms with van der Waals surface area (Å²) in [6.45, 7) is 2.98. The first kappa shape index (κ1) is 11.1. The topological polar surface area (TPSA) is 26.0 Å². The van der Waals surface area contributed by atoms with Gasteiger partial charge in [0.1, 0.15) is 5.82 Å². The molecule has 0 heterocycles. The van der Waals surface area contributed by atoms with Gasteiger partial charge in [-0.3, -0.25) is 0 Å². The second-order valence-corrected chi connectivity index (χ2v) is 2.44. The molecule has 0 fully saturated rings. The average Bonchev–Trinajstić information content (AvgIpc) is 2.08. The second-order valence-electron chi connectivity index (χ2n) is 2.44. The molecule has 1 nitrogen and oxygen atoms in total. The molecule has 0 aliphatic carbocycles. The third kappa shape index (κ3) is 7.22. The molecule has 0 saturated heterocycles. The smallest absolute Gasteiger partial charge is 0.123 e. The van der Waals surface area contributed by atoms with Crippen LogP contribution in [-0.4, -0.2) is 6.54 Å². The molecule has 2 N–H and O–H groups in total. The summed E-state index contributed by atoms with van der Waals surface area (Å²) < 4.78 is 11.9.